The molecule has 152 valence electrons. The van der Waals surface area contributed by atoms with Crippen molar-refractivity contribution in [2.24, 2.45) is 0 Å². The minimum absolute atomic E-state index is 0.382. The van der Waals surface area contributed by atoms with Crippen LogP contribution in [0.25, 0.3) is 0 Å². The van der Waals surface area contributed by atoms with Crippen LogP contribution in [0.5, 0.6) is 0 Å². The zero-order chi connectivity index (χ0) is 20.9. The zero-order valence-corrected chi connectivity index (χ0v) is 18.1. The predicted octanol–water partition coefficient (Wildman–Crippen LogP) is 5.29. The van der Waals surface area contributed by atoms with Crippen molar-refractivity contribution in [3.05, 3.63) is 94.4 Å². The highest BCUT2D eigenvalue weighted by molar-refractivity contribution is 7.80. The van der Waals surface area contributed by atoms with E-state index in [1.807, 2.05) is 53.3 Å². The van der Waals surface area contributed by atoms with Crippen molar-refractivity contribution in [3.8, 4) is 0 Å². The van der Waals surface area contributed by atoms with E-state index in [0.29, 0.717) is 34.1 Å². The Morgan fingerprint density at radius 3 is 2.33 bits per heavy atom. The highest BCUT2D eigenvalue weighted by atomic mass is 35.5. The van der Waals surface area contributed by atoms with Crippen LogP contribution in [-0.2, 0) is 13.1 Å². The number of thiocarbonyl (C=S) groups is 1. The third-order valence-electron chi connectivity index (χ3n) is 4.29. The number of nitrogens with zero attached hydrogens (tertiary/aromatic N) is 4. The smallest absolute Gasteiger partial charge is 0.176 e. The molecule has 0 saturated carbocycles. The molecular weight excluding hydrogens is 439 g/mol. The fraction of sp³-hybridized carbons (Fsp3) is 0.0952. The Morgan fingerprint density at radius 2 is 1.57 bits per heavy atom. The molecule has 4 aromatic rings. The van der Waals surface area contributed by atoms with Gasteiger partial charge < -0.3 is 10.6 Å². The number of halogens is 2. The molecule has 0 bridgehead atoms. The topological polar surface area (TPSA) is 59.7 Å². The van der Waals surface area contributed by atoms with Crippen molar-refractivity contribution in [2.45, 2.75) is 13.1 Å². The molecule has 0 fully saturated rings. The number of hydrogen-bond acceptors (Lipinski definition) is 3. The molecule has 0 unspecified atom stereocenters. The van der Waals surface area contributed by atoms with Gasteiger partial charge in [-0.2, -0.15) is 10.2 Å². The van der Waals surface area contributed by atoms with Crippen molar-refractivity contribution in [1.82, 2.24) is 19.6 Å². The van der Waals surface area contributed by atoms with Gasteiger partial charge in [0, 0.05) is 17.4 Å². The summed E-state index contributed by atoms with van der Waals surface area (Å²) in [7, 11) is 0. The van der Waals surface area contributed by atoms with E-state index in [-0.39, 0.29) is 0 Å². The van der Waals surface area contributed by atoms with Crippen LogP contribution in [-0.4, -0.2) is 24.7 Å². The van der Waals surface area contributed by atoms with Crippen LogP contribution >= 0.6 is 35.4 Å². The lowest BCUT2D eigenvalue weighted by atomic mass is 10.2. The predicted molar refractivity (Wildman–Crippen MR) is 125 cm³/mol. The zero-order valence-electron chi connectivity index (χ0n) is 15.8. The lowest BCUT2D eigenvalue weighted by Crippen LogP contribution is -2.19. The lowest BCUT2D eigenvalue weighted by molar-refractivity contribution is 0.687. The number of nitrogens with one attached hydrogen (secondary N) is 2. The van der Waals surface area contributed by atoms with E-state index >= 15 is 0 Å². The second kappa shape index (κ2) is 9.30. The molecule has 2 aromatic carbocycles. The van der Waals surface area contributed by atoms with Gasteiger partial charge in [0.1, 0.15) is 5.02 Å². The Morgan fingerprint density at radius 1 is 0.867 bits per heavy atom. The lowest BCUT2D eigenvalue weighted by Gasteiger charge is -2.07. The van der Waals surface area contributed by atoms with Crippen molar-refractivity contribution in [3.63, 3.8) is 0 Å². The van der Waals surface area contributed by atoms with Crippen LogP contribution in [0.15, 0.2) is 73.2 Å². The van der Waals surface area contributed by atoms with Gasteiger partial charge in [0.2, 0.25) is 0 Å². The Balaban J connectivity index is 1.35. The van der Waals surface area contributed by atoms with Crippen LogP contribution in [0.1, 0.15) is 11.1 Å². The molecule has 9 heteroatoms. The molecule has 30 heavy (non-hydrogen) atoms. The first-order valence-corrected chi connectivity index (χ1v) is 10.3. The monoisotopic (exact) mass is 456 g/mol. The van der Waals surface area contributed by atoms with Crippen LogP contribution < -0.4 is 10.6 Å². The van der Waals surface area contributed by atoms with E-state index < -0.39 is 0 Å². The number of aromatic nitrogens is 4. The van der Waals surface area contributed by atoms with Crippen molar-refractivity contribution in [1.29, 1.82) is 0 Å². The van der Waals surface area contributed by atoms with E-state index in [9.17, 15) is 0 Å². The first-order valence-electron chi connectivity index (χ1n) is 9.17. The Hall–Kier alpha value is -2.87. The van der Waals surface area contributed by atoms with Gasteiger partial charge in [-0.25, -0.2) is 0 Å². The van der Waals surface area contributed by atoms with Crippen LogP contribution in [0.3, 0.4) is 0 Å². The first kappa shape index (κ1) is 20.4. The summed E-state index contributed by atoms with van der Waals surface area (Å²) in [5.41, 5.74) is 3.02. The number of benzene rings is 2. The van der Waals surface area contributed by atoms with Crippen molar-refractivity contribution < 1.29 is 0 Å². The maximum atomic E-state index is 6.31. The highest BCUT2D eigenvalue weighted by Gasteiger charge is 2.10. The van der Waals surface area contributed by atoms with Crippen LogP contribution in [0, 0.1) is 0 Å². The summed E-state index contributed by atoms with van der Waals surface area (Å²) in [6.07, 6.45) is 5.36. The number of anilines is 2. The molecule has 0 aliphatic carbocycles. The second-order valence-electron chi connectivity index (χ2n) is 6.64. The molecule has 0 spiro atoms. The molecule has 0 aliphatic heterocycles. The summed E-state index contributed by atoms with van der Waals surface area (Å²) in [6, 6.07) is 17.7. The average Bonchev–Trinajstić information content (AvgIpc) is 3.30. The van der Waals surface area contributed by atoms with Gasteiger partial charge in [-0.05, 0) is 35.5 Å². The van der Waals surface area contributed by atoms with E-state index in [2.05, 4.69) is 33.0 Å². The second-order valence-corrected chi connectivity index (χ2v) is 7.89. The van der Waals surface area contributed by atoms with Crippen molar-refractivity contribution in [2.75, 3.05) is 10.6 Å². The summed E-state index contributed by atoms with van der Waals surface area (Å²) in [5, 5.41) is 16.5. The standard InChI is InChI=1S/C21H18Cl2N6S/c22-17-8-6-16(7-9-17)12-29-14-19(23)20(27-29)26-21(30)25-18-10-24-28(13-18)11-15-4-2-1-3-5-15/h1-10,13-14H,11-12H2,(H2,25,26,27,30). The van der Waals surface area contributed by atoms with E-state index in [0.717, 1.165) is 11.3 Å². The maximum absolute atomic E-state index is 6.31. The van der Waals surface area contributed by atoms with Gasteiger partial charge >= 0.3 is 0 Å². The third kappa shape index (κ3) is 5.38. The summed E-state index contributed by atoms with van der Waals surface area (Å²) in [4.78, 5) is 0. The van der Waals surface area contributed by atoms with Gasteiger partial charge in [0.05, 0.1) is 25.0 Å². The SMILES string of the molecule is S=C(Nc1cnn(Cc2ccccc2)c1)Nc1nn(Cc2ccc(Cl)cc2)cc1Cl. The number of hydrogen-bond donors (Lipinski definition) is 2. The molecular formula is C21H18Cl2N6S. The third-order valence-corrected chi connectivity index (χ3v) is 5.02. The van der Waals surface area contributed by atoms with Crippen LogP contribution in [0.2, 0.25) is 10.0 Å². The largest absolute Gasteiger partial charge is 0.330 e. The fourth-order valence-electron chi connectivity index (χ4n) is 2.89. The van der Waals surface area contributed by atoms with Crippen LogP contribution in [0.4, 0.5) is 11.5 Å². The first-order chi connectivity index (χ1) is 14.5. The Kier molecular flexibility index (Phi) is 6.32. The minimum Gasteiger partial charge on any atom is -0.330 e. The molecule has 0 amide bonds. The highest BCUT2D eigenvalue weighted by Crippen LogP contribution is 2.21. The molecule has 0 saturated heterocycles. The summed E-state index contributed by atoms with van der Waals surface area (Å²) in [5.74, 6) is 0.486. The summed E-state index contributed by atoms with van der Waals surface area (Å²) in [6.45, 7) is 1.26. The molecule has 4 rings (SSSR count). The van der Waals surface area contributed by atoms with Gasteiger partial charge in [0.15, 0.2) is 10.9 Å². The van der Waals surface area contributed by atoms with E-state index in [1.54, 1.807) is 17.1 Å². The van der Waals surface area contributed by atoms with Crippen molar-refractivity contribution >= 4 is 52.0 Å². The van der Waals surface area contributed by atoms with E-state index in [4.69, 9.17) is 35.4 Å². The summed E-state index contributed by atoms with van der Waals surface area (Å²) >= 11 is 17.6. The maximum Gasteiger partial charge on any atom is 0.176 e. The Labute approximate surface area is 189 Å². The molecule has 2 heterocycles. The van der Waals surface area contributed by atoms with Gasteiger partial charge in [-0.3, -0.25) is 9.36 Å². The van der Waals surface area contributed by atoms with Gasteiger partial charge in [-0.15, -0.1) is 0 Å². The number of rotatable bonds is 6. The summed E-state index contributed by atoms with van der Waals surface area (Å²) < 4.78 is 3.59. The van der Waals surface area contributed by atoms with Gasteiger partial charge in [-0.1, -0.05) is 65.7 Å². The minimum atomic E-state index is 0.382. The molecule has 6 nitrogen and oxygen atoms in total. The van der Waals surface area contributed by atoms with E-state index in [1.165, 1.54) is 5.56 Å². The quantitative estimate of drug-likeness (QED) is 0.385. The Bertz CT molecular complexity index is 1140. The molecule has 0 aliphatic rings. The molecule has 0 atom stereocenters. The fourth-order valence-corrected chi connectivity index (χ4v) is 3.43. The average molecular weight is 457 g/mol. The molecule has 0 radical (unpaired) electrons. The molecule has 2 N–H and O–H groups in total. The molecule has 2 aromatic heterocycles. The van der Waals surface area contributed by atoms with Gasteiger partial charge in [0.25, 0.3) is 0 Å². The normalized spacial score (nSPS) is 10.7.